The molecule has 5 aromatic rings. The number of rotatable bonds is 26. The van der Waals surface area contributed by atoms with Gasteiger partial charge in [0.2, 0.25) is 5.79 Å². The molecule has 0 radical (unpaired) electrons. The fraction of sp³-hybridized carbons (Fsp3) is 0.414. The standard InChI is InChI=1S/C58H68N2O9S/c1-3-32-67-58-54(60(40-45-23-17-22-43-20-11-12-26-48(43)45)57(63)66-34-33-64-41-42-18-7-5-8-19-42)39-52(59-68-4-2)50-37-44(21-13-15-30-61)49(27-14-16-31-62)55(56(50)58)51-38-46(28-29-53(51)69-58)65-35-36-70-47-24-9-6-10-25-47/h3,5-12,17-20,22-26,28-29,37-38,44,49,54-56,61-62H,1,4,13-16,21,27,30-36,39-41H2,2H3/t44-,49+,54-,55+,56+,58+/m0/s1. The largest absolute Gasteiger partial charge is 0.493 e. The molecule has 0 aromatic heterocycles. The molecule has 370 valence electrons. The Hall–Kier alpha value is -5.63. The molecule has 3 aliphatic rings. The van der Waals surface area contributed by atoms with Crippen LogP contribution in [0.1, 0.15) is 74.5 Å². The van der Waals surface area contributed by atoms with Gasteiger partial charge >= 0.3 is 6.09 Å². The topological polar surface area (TPSA) is 129 Å². The van der Waals surface area contributed by atoms with Crippen LogP contribution in [0.15, 0.2) is 156 Å². The smallest absolute Gasteiger partial charge is 0.410 e. The molecule has 1 heterocycles. The molecular formula is C58H68N2O9S. The number of carbonyl (C=O) groups is 1. The van der Waals surface area contributed by atoms with E-state index in [-0.39, 0.29) is 63.8 Å². The maximum atomic E-state index is 15.2. The van der Waals surface area contributed by atoms with Crippen molar-refractivity contribution in [3.8, 4) is 11.5 Å². The molecule has 1 fully saturated rings. The molecule has 2 N–H and O–H groups in total. The minimum atomic E-state index is -1.46. The number of thioether (sulfide) groups is 1. The monoisotopic (exact) mass is 968 g/mol. The molecule has 0 saturated heterocycles. The lowest BCUT2D eigenvalue weighted by molar-refractivity contribution is -0.256. The number of hydrogen-bond acceptors (Lipinski definition) is 11. The molecule has 8 rings (SSSR count). The number of allylic oxidation sites excluding steroid dienone is 1. The summed E-state index contributed by atoms with van der Waals surface area (Å²) in [6.07, 6.45) is 8.45. The second-order valence-electron chi connectivity index (χ2n) is 18.1. The summed E-state index contributed by atoms with van der Waals surface area (Å²) in [6.45, 7) is 8.02. The highest BCUT2D eigenvalue weighted by atomic mass is 32.2. The molecule has 6 atom stereocenters. The first-order valence-electron chi connectivity index (χ1n) is 25.0. The van der Waals surface area contributed by atoms with Gasteiger partial charge in [-0.05, 0) is 102 Å². The van der Waals surface area contributed by atoms with Crippen molar-refractivity contribution in [1.82, 2.24) is 4.90 Å². The van der Waals surface area contributed by atoms with Crippen LogP contribution in [0.4, 0.5) is 4.79 Å². The third-order valence-electron chi connectivity index (χ3n) is 13.7. The Kier molecular flexibility index (Phi) is 18.5. The van der Waals surface area contributed by atoms with Gasteiger partial charge in [0.05, 0.1) is 44.6 Å². The summed E-state index contributed by atoms with van der Waals surface area (Å²) >= 11 is 1.75. The molecule has 0 spiro atoms. The predicted molar refractivity (Wildman–Crippen MR) is 276 cm³/mol. The minimum Gasteiger partial charge on any atom is -0.493 e. The summed E-state index contributed by atoms with van der Waals surface area (Å²) in [4.78, 5) is 24.1. The quantitative estimate of drug-likeness (QED) is 0.0239. The van der Waals surface area contributed by atoms with Crippen LogP contribution in [0.3, 0.4) is 0 Å². The van der Waals surface area contributed by atoms with E-state index in [0.717, 1.165) is 75.9 Å². The van der Waals surface area contributed by atoms with E-state index in [0.29, 0.717) is 38.4 Å². The number of oxime groups is 1. The molecule has 1 saturated carbocycles. The van der Waals surface area contributed by atoms with Crippen LogP contribution in [0, 0.1) is 17.8 Å². The Morgan fingerprint density at radius 1 is 0.886 bits per heavy atom. The number of fused-ring (bicyclic) bond motifs is 3. The summed E-state index contributed by atoms with van der Waals surface area (Å²) in [5, 5.41) is 27.0. The van der Waals surface area contributed by atoms with Crippen molar-refractivity contribution in [3.05, 3.63) is 162 Å². The zero-order valence-corrected chi connectivity index (χ0v) is 41.2. The van der Waals surface area contributed by atoms with E-state index in [1.165, 1.54) is 4.90 Å². The Labute approximate surface area is 417 Å². The molecule has 0 unspecified atom stereocenters. The third kappa shape index (κ3) is 12.1. The van der Waals surface area contributed by atoms with Gasteiger partial charge in [0.25, 0.3) is 0 Å². The molecule has 12 heteroatoms. The fourth-order valence-electron chi connectivity index (χ4n) is 10.7. The summed E-state index contributed by atoms with van der Waals surface area (Å²) in [6, 6.07) is 39.9. The zero-order valence-electron chi connectivity index (χ0n) is 40.4. The first-order valence-corrected chi connectivity index (χ1v) is 26.0. The normalized spacial score (nSPS) is 21.8. The molecule has 70 heavy (non-hydrogen) atoms. The van der Waals surface area contributed by atoms with Gasteiger partial charge < -0.3 is 38.7 Å². The van der Waals surface area contributed by atoms with Crippen molar-refractivity contribution in [2.45, 2.75) is 87.7 Å². The highest BCUT2D eigenvalue weighted by Gasteiger charge is 2.65. The van der Waals surface area contributed by atoms with Crippen LogP contribution in [0.25, 0.3) is 10.8 Å². The van der Waals surface area contributed by atoms with Crippen molar-refractivity contribution in [1.29, 1.82) is 0 Å². The lowest BCUT2D eigenvalue weighted by Crippen LogP contribution is -2.70. The highest BCUT2D eigenvalue weighted by molar-refractivity contribution is 7.99. The maximum absolute atomic E-state index is 15.2. The van der Waals surface area contributed by atoms with Crippen molar-refractivity contribution in [2.75, 3.05) is 52.0 Å². The number of nitrogens with zero attached hydrogens (tertiary/aromatic N) is 2. The van der Waals surface area contributed by atoms with Gasteiger partial charge in [-0.15, -0.1) is 18.3 Å². The summed E-state index contributed by atoms with van der Waals surface area (Å²) in [5.41, 5.74) is 4.66. The van der Waals surface area contributed by atoms with Gasteiger partial charge in [-0.2, -0.15) is 0 Å². The van der Waals surface area contributed by atoms with Crippen LogP contribution in [-0.4, -0.2) is 90.7 Å². The van der Waals surface area contributed by atoms with E-state index in [2.05, 4.69) is 55.1 Å². The Morgan fingerprint density at radius 3 is 2.43 bits per heavy atom. The predicted octanol–water partition coefficient (Wildman–Crippen LogP) is 11.5. The summed E-state index contributed by atoms with van der Waals surface area (Å²) in [7, 11) is 0. The minimum absolute atomic E-state index is 0.0286. The van der Waals surface area contributed by atoms with E-state index < -0.39 is 23.8 Å². The van der Waals surface area contributed by atoms with Gasteiger partial charge in [-0.25, -0.2) is 4.79 Å². The van der Waals surface area contributed by atoms with E-state index in [1.807, 2.05) is 85.8 Å². The first kappa shape index (κ1) is 50.7. The van der Waals surface area contributed by atoms with Crippen LogP contribution in [0.2, 0.25) is 0 Å². The SMILES string of the molecule is C=CCO[C@@]12Oc3ccc(OCCSc4ccccc4)cc3[C@H]3[C@H](CCCCO)[C@@H](CCCCO)C=C(C(=NOCC)C[C@@H]1N(Cc1cccc4ccccc14)C(=O)OCCOCc1ccccc1)[C@H]32. The zero-order chi connectivity index (χ0) is 48.5. The number of aliphatic hydroxyl groups excluding tert-OH is 2. The molecule has 1 aliphatic heterocycles. The first-order chi connectivity index (χ1) is 34.5. The number of hydrogen-bond donors (Lipinski definition) is 2. The van der Waals surface area contributed by atoms with Gasteiger partial charge in [0, 0.05) is 41.8 Å². The van der Waals surface area contributed by atoms with E-state index >= 15 is 4.79 Å². The fourth-order valence-corrected chi connectivity index (χ4v) is 11.4. The average Bonchev–Trinajstić information content (AvgIpc) is 3.39. The van der Waals surface area contributed by atoms with Gasteiger partial charge in [0.15, 0.2) is 0 Å². The second-order valence-corrected chi connectivity index (χ2v) is 19.3. The van der Waals surface area contributed by atoms with Crippen LogP contribution >= 0.6 is 11.8 Å². The maximum Gasteiger partial charge on any atom is 0.410 e. The van der Waals surface area contributed by atoms with Crippen LogP contribution in [0.5, 0.6) is 11.5 Å². The van der Waals surface area contributed by atoms with Crippen molar-refractivity contribution >= 4 is 34.3 Å². The number of unbranched alkanes of at least 4 members (excludes halogenated alkanes) is 2. The van der Waals surface area contributed by atoms with Crippen LogP contribution in [-0.2, 0) is 32.2 Å². The molecule has 5 aromatic carbocycles. The Morgan fingerprint density at radius 2 is 1.64 bits per heavy atom. The lowest BCUT2D eigenvalue weighted by Gasteiger charge is -2.59. The number of ether oxygens (including phenoxy) is 5. The van der Waals surface area contributed by atoms with Crippen LogP contribution < -0.4 is 9.47 Å². The van der Waals surface area contributed by atoms with E-state index in [4.69, 9.17) is 33.7 Å². The van der Waals surface area contributed by atoms with Gasteiger partial charge in [0.1, 0.15) is 30.8 Å². The lowest BCUT2D eigenvalue weighted by atomic mass is 9.55. The third-order valence-corrected chi connectivity index (χ3v) is 14.7. The van der Waals surface area contributed by atoms with Gasteiger partial charge in [-0.3, -0.25) is 4.90 Å². The highest BCUT2D eigenvalue weighted by Crippen LogP contribution is 2.62. The summed E-state index contributed by atoms with van der Waals surface area (Å²) < 4.78 is 33.5. The van der Waals surface area contributed by atoms with E-state index in [1.54, 1.807) is 22.7 Å². The van der Waals surface area contributed by atoms with E-state index in [9.17, 15) is 10.2 Å². The Bertz CT molecular complexity index is 2520. The second kappa shape index (κ2) is 25.5. The van der Waals surface area contributed by atoms with Gasteiger partial charge in [-0.1, -0.05) is 121 Å². The van der Waals surface area contributed by atoms with Crippen molar-refractivity contribution in [2.24, 2.45) is 22.9 Å². The van der Waals surface area contributed by atoms with Crippen molar-refractivity contribution in [3.63, 3.8) is 0 Å². The molecule has 0 bridgehead atoms. The molecule has 11 nitrogen and oxygen atoms in total. The number of benzene rings is 5. The number of aliphatic hydroxyl groups is 2. The summed E-state index contributed by atoms with van der Waals surface area (Å²) in [5.74, 6) is 0.169. The number of amides is 1. The molecular weight excluding hydrogens is 901 g/mol. The molecule has 2 aliphatic carbocycles. The average molecular weight is 969 g/mol. The number of carbonyl (C=O) groups excluding carboxylic acids is 1. The molecule has 1 amide bonds. The Balaban J connectivity index is 1.24. The van der Waals surface area contributed by atoms with Crippen molar-refractivity contribution < 1.29 is 43.5 Å².